The molecule has 0 aromatic heterocycles. The predicted molar refractivity (Wildman–Crippen MR) is 91.6 cm³/mol. The molecule has 1 rings (SSSR count). The summed E-state index contributed by atoms with van der Waals surface area (Å²) in [6, 6.07) is 0. The number of piperidine rings is 1. The third-order valence-corrected chi connectivity index (χ3v) is 4.79. The monoisotopic (exact) mass is 298 g/mol. The minimum absolute atomic E-state index is 0.383. The highest BCUT2D eigenvalue weighted by Crippen LogP contribution is 2.32. The van der Waals surface area contributed by atoms with Crippen molar-refractivity contribution in [2.24, 2.45) is 17.1 Å². The van der Waals surface area contributed by atoms with E-state index in [1.165, 1.54) is 38.8 Å². The molecule has 0 amide bonds. The van der Waals surface area contributed by atoms with Gasteiger partial charge in [0.15, 0.2) is 0 Å². The summed E-state index contributed by atoms with van der Waals surface area (Å²) in [5.41, 5.74) is 6.16. The van der Waals surface area contributed by atoms with Crippen LogP contribution in [0.1, 0.15) is 66.2 Å². The summed E-state index contributed by atoms with van der Waals surface area (Å²) in [4.78, 5) is 2.60. The third kappa shape index (κ3) is 7.62. The van der Waals surface area contributed by atoms with Crippen molar-refractivity contribution in [3.05, 3.63) is 0 Å². The minimum Gasteiger partial charge on any atom is -0.377 e. The zero-order valence-electron chi connectivity index (χ0n) is 14.9. The average Bonchev–Trinajstić information content (AvgIpc) is 2.43. The van der Waals surface area contributed by atoms with Crippen molar-refractivity contribution in [2.45, 2.75) is 72.3 Å². The van der Waals surface area contributed by atoms with Crippen LogP contribution in [0.25, 0.3) is 0 Å². The van der Waals surface area contributed by atoms with Crippen LogP contribution in [-0.2, 0) is 4.74 Å². The zero-order valence-corrected chi connectivity index (χ0v) is 14.9. The maximum absolute atomic E-state index is 5.92. The zero-order chi connectivity index (χ0) is 15.7. The quantitative estimate of drug-likeness (QED) is 0.706. The number of ether oxygens (including phenoxy) is 1. The summed E-state index contributed by atoms with van der Waals surface area (Å²) >= 11 is 0. The molecule has 3 heteroatoms. The fourth-order valence-electron chi connectivity index (χ4n) is 3.41. The first kappa shape index (κ1) is 18.9. The Kier molecular flexibility index (Phi) is 8.84. The van der Waals surface area contributed by atoms with Gasteiger partial charge in [-0.25, -0.2) is 0 Å². The number of hydrogen-bond donors (Lipinski definition) is 1. The van der Waals surface area contributed by atoms with Gasteiger partial charge in [-0.3, -0.25) is 0 Å². The van der Waals surface area contributed by atoms with Crippen molar-refractivity contribution in [3.8, 4) is 0 Å². The summed E-state index contributed by atoms with van der Waals surface area (Å²) < 4.78 is 5.92. The van der Waals surface area contributed by atoms with Gasteiger partial charge in [-0.05, 0) is 69.5 Å². The highest BCUT2D eigenvalue weighted by molar-refractivity contribution is 4.77. The van der Waals surface area contributed by atoms with Gasteiger partial charge in [0.2, 0.25) is 0 Å². The smallest absolute Gasteiger partial charge is 0.0702 e. The molecule has 0 aromatic rings. The van der Waals surface area contributed by atoms with Gasteiger partial charge in [-0.15, -0.1) is 0 Å². The maximum atomic E-state index is 5.92. The van der Waals surface area contributed by atoms with Gasteiger partial charge in [-0.2, -0.15) is 0 Å². The van der Waals surface area contributed by atoms with Gasteiger partial charge in [0.1, 0.15) is 0 Å². The molecule has 2 N–H and O–H groups in total. The molecule has 3 nitrogen and oxygen atoms in total. The van der Waals surface area contributed by atoms with Crippen molar-refractivity contribution in [2.75, 3.05) is 32.8 Å². The van der Waals surface area contributed by atoms with E-state index in [1.54, 1.807) is 0 Å². The molecule has 1 heterocycles. The number of hydrogen-bond acceptors (Lipinski definition) is 3. The van der Waals surface area contributed by atoms with Crippen LogP contribution in [0.5, 0.6) is 0 Å². The van der Waals surface area contributed by atoms with Crippen LogP contribution in [-0.4, -0.2) is 43.8 Å². The Morgan fingerprint density at radius 1 is 1.29 bits per heavy atom. The normalized spacial score (nSPS) is 22.4. The molecule has 0 spiro atoms. The molecule has 0 radical (unpaired) electrons. The second kappa shape index (κ2) is 9.81. The van der Waals surface area contributed by atoms with Crippen molar-refractivity contribution < 1.29 is 4.74 Å². The summed E-state index contributed by atoms with van der Waals surface area (Å²) in [6.07, 6.45) is 7.89. The Morgan fingerprint density at radius 3 is 2.67 bits per heavy atom. The van der Waals surface area contributed by atoms with Crippen molar-refractivity contribution in [1.29, 1.82) is 0 Å². The molecule has 2 atom stereocenters. The molecule has 126 valence electrons. The van der Waals surface area contributed by atoms with E-state index in [2.05, 4.69) is 32.6 Å². The Morgan fingerprint density at radius 2 is 2.05 bits per heavy atom. The van der Waals surface area contributed by atoms with Gasteiger partial charge >= 0.3 is 0 Å². The second-order valence-corrected chi connectivity index (χ2v) is 7.72. The van der Waals surface area contributed by atoms with Crippen LogP contribution >= 0.6 is 0 Å². The molecule has 1 aliphatic heterocycles. The van der Waals surface area contributed by atoms with Crippen LogP contribution in [0.2, 0.25) is 0 Å². The van der Waals surface area contributed by atoms with Gasteiger partial charge in [0.05, 0.1) is 6.10 Å². The van der Waals surface area contributed by atoms with E-state index in [0.29, 0.717) is 11.5 Å². The number of likely N-dealkylation sites (tertiary alicyclic amines) is 1. The molecule has 0 aliphatic carbocycles. The fraction of sp³-hybridized carbons (Fsp3) is 1.00. The SMILES string of the molecule is CCCOC1CCCN(CCCC(CCN)C(C)(C)C)C1. The second-order valence-electron chi connectivity index (χ2n) is 7.72. The van der Waals surface area contributed by atoms with E-state index in [1.807, 2.05) is 0 Å². The highest BCUT2D eigenvalue weighted by atomic mass is 16.5. The van der Waals surface area contributed by atoms with E-state index in [4.69, 9.17) is 10.5 Å². The molecule has 1 saturated heterocycles. The average molecular weight is 299 g/mol. The van der Waals surface area contributed by atoms with Crippen LogP contribution in [0.3, 0.4) is 0 Å². The molecular weight excluding hydrogens is 260 g/mol. The molecule has 21 heavy (non-hydrogen) atoms. The van der Waals surface area contributed by atoms with E-state index < -0.39 is 0 Å². The largest absolute Gasteiger partial charge is 0.377 e. The van der Waals surface area contributed by atoms with Gasteiger partial charge in [0.25, 0.3) is 0 Å². The van der Waals surface area contributed by atoms with Crippen LogP contribution < -0.4 is 5.73 Å². The Balaban J connectivity index is 2.27. The fourth-order valence-corrected chi connectivity index (χ4v) is 3.41. The molecular formula is C18H38N2O. The van der Waals surface area contributed by atoms with Crippen molar-refractivity contribution >= 4 is 0 Å². The summed E-state index contributed by atoms with van der Waals surface area (Å²) in [5, 5.41) is 0. The minimum atomic E-state index is 0.383. The molecule has 2 unspecified atom stereocenters. The van der Waals surface area contributed by atoms with Crippen molar-refractivity contribution in [3.63, 3.8) is 0 Å². The molecule has 0 saturated carbocycles. The number of nitrogens with two attached hydrogens (primary N) is 1. The lowest BCUT2D eigenvalue weighted by Gasteiger charge is -2.34. The number of nitrogens with zero attached hydrogens (tertiary/aromatic N) is 1. The first-order valence-electron chi connectivity index (χ1n) is 9.01. The van der Waals surface area contributed by atoms with Gasteiger partial charge in [-0.1, -0.05) is 27.7 Å². The summed E-state index contributed by atoms with van der Waals surface area (Å²) in [7, 11) is 0. The highest BCUT2D eigenvalue weighted by Gasteiger charge is 2.24. The third-order valence-electron chi connectivity index (χ3n) is 4.79. The lowest BCUT2D eigenvalue weighted by molar-refractivity contribution is -0.000964. The van der Waals surface area contributed by atoms with Gasteiger partial charge in [0, 0.05) is 13.2 Å². The summed E-state index contributed by atoms with van der Waals surface area (Å²) in [6.45, 7) is 14.6. The molecule has 0 aromatic carbocycles. The molecule has 1 fully saturated rings. The van der Waals surface area contributed by atoms with E-state index in [9.17, 15) is 0 Å². The first-order valence-corrected chi connectivity index (χ1v) is 9.01. The Bertz CT molecular complexity index is 262. The maximum Gasteiger partial charge on any atom is 0.0702 e. The Hall–Kier alpha value is -0.120. The topological polar surface area (TPSA) is 38.5 Å². The lowest BCUT2D eigenvalue weighted by Crippen LogP contribution is -2.40. The first-order chi connectivity index (χ1) is 9.97. The van der Waals surface area contributed by atoms with E-state index >= 15 is 0 Å². The van der Waals surface area contributed by atoms with Crippen LogP contribution in [0.4, 0.5) is 0 Å². The molecule has 1 aliphatic rings. The summed E-state index contributed by atoms with van der Waals surface area (Å²) in [5.74, 6) is 0.749. The standard InChI is InChI=1S/C18H38N2O/c1-5-14-21-17-9-7-13-20(15-17)12-6-8-16(10-11-19)18(2,3)4/h16-17H,5-15,19H2,1-4H3. The Labute approximate surface area is 132 Å². The van der Waals surface area contributed by atoms with Crippen LogP contribution in [0, 0.1) is 11.3 Å². The van der Waals surface area contributed by atoms with Crippen LogP contribution in [0.15, 0.2) is 0 Å². The predicted octanol–water partition coefficient (Wildman–Crippen LogP) is 3.67. The van der Waals surface area contributed by atoms with Gasteiger partial charge < -0.3 is 15.4 Å². The van der Waals surface area contributed by atoms with E-state index in [-0.39, 0.29) is 0 Å². The molecule has 0 bridgehead atoms. The lowest BCUT2D eigenvalue weighted by atomic mass is 9.76. The van der Waals surface area contributed by atoms with Crippen molar-refractivity contribution in [1.82, 2.24) is 4.90 Å². The van der Waals surface area contributed by atoms with E-state index in [0.717, 1.165) is 38.5 Å². The number of rotatable bonds is 9.